The number of carboxylic acid groups (broad SMARTS) is 1. The molecule has 19 heavy (non-hydrogen) atoms. The van der Waals surface area contributed by atoms with Gasteiger partial charge in [0.25, 0.3) is 0 Å². The molecule has 1 aromatic carbocycles. The number of fused-ring (bicyclic) bond motifs is 1. The molecule has 1 aliphatic rings. The average molecular weight is 256 g/mol. The molecule has 0 atom stereocenters. The molecule has 0 unspecified atom stereocenters. The predicted octanol–water partition coefficient (Wildman–Crippen LogP) is 2.82. The van der Waals surface area contributed by atoms with Crippen LogP contribution in [0.5, 0.6) is 0 Å². The van der Waals surface area contributed by atoms with Gasteiger partial charge < -0.3 is 10.4 Å². The van der Waals surface area contributed by atoms with Gasteiger partial charge in [0.1, 0.15) is 0 Å². The van der Waals surface area contributed by atoms with E-state index in [0.29, 0.717) is 6.54 Å². The van der Waals surface area contributed by atoms with Crippen LogP contribution in [0.15, 0.2) is 30.3 Å². The second kappa shape index (κ2) is 4.23. The van der Waals surface area contributed by atoms with Crippen molar-refractivity contribution in [3.05, 3.63) is 36.0 Å². The summed E-state index contributed by atoms with van der Waals surface area (Å²) in [5, 5.41) is 13.5. The lowest BCUT2D eigenvalue weighted by molar-refractivity contribution is -0.142. The Bertz CT molecular complexity index is 648. The maximum atomic E-state index is 11.2. The molecule has 1 aromatic heterocycles. The van der Waals surface area contributed by atoms with Gasteiger partial charge >= 0.3 is 5.97 Å². The highest BCUT2D eigenvalue weighted by molar-refractivity contribution is 5.91. The standard InChI is InChI=1S/C15H16N2O2/c1-10-8-13(11-4-2-3-5-12(11)17-10)16-9-15(6-7-15)14(18)19/h2-5,8H,6-7,9H2,1H3,(H,16,17)(H,18,19). The fraction of sp³-hybridized carbons (Fsp3) is 0.333. The van der Waals surface area contributed by atoms with Crippen LogP contribution in [0.4, 0.5) is 5.69 Å². The van der Waals surface area contributed by atoms with E-state index in [2.05, 4.69) is 10.3 Å². The Balaban J connectivity index is 1.90. The highest BCUT2D eigenvalue weighted by Crippen LogP contribution is 2.46. The van der Waals surface area contributed by atoms with Crippen LogP contribution >= 0.6 is 0 Å². The van der Waals surface area contributed by atoms with E-state index in [4.69, 9.17) is 0 Å². The highest BCUT2D eigenvalue weighted by atomic mass is 16.4. The molecule has 4 heteroatoms. The molecule has 1 saturated carbocycles. The van der Waals surface area contributed by atoms with Crippen LogP contribution < -0.4 is 5.32 Å². The molecule has 4 nitrogen and oxygen atoms in total. The summed E-state index contributed by atoms with van der Waals surface area (Å²) in [6.45, 7) is 2.43. The number of aliphatic carboxylic acids is 1. The molecule has 1 fully saturated rings. The van der Waals surface area contributed by atoms with E-state index in [1.807, 2.05) is 37.3 Å². The van der Waals surface area contributed by atoms with Crippen LogP contribution in [0, 0.1) is 12.3 Å². The van der Waals surface area contributed by atoms with Gasteiger partial charge in [-0.1, -0.05) is 18.2 Å². The van der Waals surface area contributed by atoms with E-state index >= 15 is 0 Å². The first-order chi connectivity index (χ1) is 9.11. The smallest absolute Gasteiger partial charge is 0.311 e. The Kier molecular flexibility index (Phi) is 2.66. The third-order valence-corrected chi connectivity index (χ3v) is 3.77. The molecular formula is C15H16N2O2. The Morgan fingerprint density at radius 2 is 2.16 bits per heavy atom. The van der Waals surface area contributed by atoms with Gasteiger partial charge in [0.2, 0.25) is 0 Å². The van der Waals surface area contributed by atoms with E-state index in [0.717, 1.165) is 35.1 Å². The van der Waals surface area contributed by atoms with E-state index in [9.17, 15) is 9.90 Å². The quantitative estimate of drug-likeness (QED) is 0.883. The minimum Gasteiger partial charge on any atom is -0.481 e. The Hall–Kier alpha value is -2.10. The predicted molar refractivity (Wildman–Crippen MR) is 74.3 cm³/mol. The Morgan fingerprint density at radius 1 is 1.42 bits per heavy atom. The van der Waals surface area contributed by atoms with Crippen molar-refractivity contribution in [1.29, 1.82) is 0 Å². The first kappa shape index (κ1) is 12.0. The average Bonchev–Trinajstić information content (AvgIpc) is 3.17. The third-order valence-electron chi connectivity index (χ3n) is 3.77. The minimum atomic E-state index is -0.699. The molecule has 98 valence electrons. The molecule has 2 N–H and O–H groups in total. The van der Waals surface area contributed by atoms with Crippen LogP contribution in [0.3, 0.4) is 0 Å². The zero-order valence-electron chi connectivity index (χ0n) is 10.8. The molecule has 0 amide bonds. The molecule has 0 aliphatic heterocycles. The number of hydrogen-bond acceptors (Lipinski definition) is 3. The van der Waals surface area contributed by atoms with Gasteiger partial charge in [0.05, 0.1) is 10.9 Å². The summed E-state index contributed by atoms with van der Waals surface area (Å²) in [7, 11) is 0. The van der Waals surface area contributed by atoms with Gasteiger partial charge in [-0.15, -0.1) is 0 Å². The summed E-state index contributed by atoms with van der Waals surface area (Å²) in [6.07, 6.45) is 1.52. The summed E-state index contributed by atoms with van der Waals surface area (Å²) < 4.78 is 0. The fourth-order valence-corrected chi connectivity index (χ4v) is 2.34. The van der Waals surface area contributed by atoms with Crippen LogP contribution in [0.25, 0.3) is 10.9 Å². The van der Waals surface area contributed by atoms with Crippen molar-refractivity contribution < 1.29 is 9.90 Å². The third kappa shape index (κ3) is 2.14. The van der Waals surface area contributed by atoms with Crippen molar-refractivity contribution >= 4 is 22.6 Å². The largest absolute Gasteiger partial charge is 0.481 e. The zero-order valence-corrected chi connectivity index (χ0v) is 10.8. The number of anilines is 1. The molecule has 0 saturated heterocycles. The first-order valence-electron chi connectivity index (χ1n) is 6.44. The van der Waals surface area contributed by atoms with Crippen molar-refractivity contribution in [2.24, 2.45) is 5.41 Å². The van der Waals surface area contributed by atoms with E-state index < -0.39 is 11.4 Å². The van der Waals surface area contributed by atoms with E-state index in [1.54, 1.807) is 0 Å². The molecule has 0 bridgehead atoms. The summed E-state index contributed by atoms with van der Waals surface area (Å²) in [5.74, 6) is -0.699. The maximum Gasteiger partial charge on any atom is 0.311 e. The number of pyridine rings is 1. The number of benzene rings is 1. The van der Waals surface area contributed by atoms with Crippen molar-refractivity contribution in [3.8, 4) is 0 Å². The van der Waals surface area contributed by atoms with Crippen molar-refractivity contribution in [3.63, 3.8) is 0 Å². The summed E-state index contributed by atoms with van der Waals surface area (Å²) in [5.41, 5.74) is 2.28. The number of aryl methyl sites for hydroxylation is 1. The number of rotatable bonds is 4. The number of carboxylic acids is 1. The number of hydrogen-bond donors (Lipinski definition) is 2. The minimum absolute atomic E-state index is 0.482. The molecule has 1 heterocycles. The van der Waals surface area contributed by atoms with E-state index in [1.165, 1.54) is 0 Å². The van der Waals surface area contributed by atoms with Crippen LogP contribution in [-0.4, -0.2) is 22.6 Å². The molecule has 0 spiro atoms. The number of carbonyl (C=O) groups is 1. The second-order valence-electron chi connectivity index (χ2n) is 5.27. The molecule has 3 rings (SSSR count). The van der Waals surface area contributed by atoms with Crippen LogP contribution in [0.1, 0.15) is 18.5 Å². The second-order valence-corrected chi connectivity index (χ2v) is 5.27. The van der Waals surface area contributed by atoms with Gasteiger partial charge in [-0.05, 0) is 31.9 Å². The lowest BCUT2D eigenvalue weighted by atomic mass is 10.1. The van der Waals surface area contributed by atoms with Crippen molar-refractivity contribution in [2.45, 2.75) is 19.8 Å². The Labute approximate surface area is 111 Å². The van der Waals surface area contributed by atoms with Gasteiger partial charge in [0, 0.05) is 23.3 Å². The van der Waals surface area contributed by atoms with Gasteiger partial charge in [-0.2, -0.15) is 0 Å². The number of nitrogens with zero attached hydrogens (tertiary/aromatic N) is 1. The number of para-hydroxylation sites is 1. The topological polar surface area (TPSA) is 62.2 Å². The van der Waals surface area contributed by atoms with Crippen LogP contribution in [-0.2, 0) is 4.79 Å². The highest BCUT2D eigenvalue weighted by Gasteiger charge is 2.50. The number of aromatic nitrogens is 1. The van der Waals surface area contributed by atoms with E-state index in [-0.39, 0.29) is 0 Å². The summed E-state index contributed by atoms with van der Waals surface area (Å²) in [4.78, 5) is 15.7. The lowest BCUT2D eigenvalue weighted by Gasteiger charge is -2.14. The summed E-state index contributed by atoms with van der Waals surface area (Å²) >= 11 is 0. The molecule has 0 radical (unpaired) electrons. The molecule has 2 aromatic rings. The SMILES string of the molecule is Cc1cc(NCC2(C(=O)O)CC2)c2ccccc2n1. The number of nitrogens with one attached hydrogen (secondary N) is 1. The zero-order chi connectivity index (χ0) is 13.5. The first-order valence-corrected chi connectivity index (χ1v) is 6.44. The Morgan fingerprint density at radius 3 is 2.84 bits per heavy atom. The fourth-order valence-electron chi connectivity index (χ4n) is 2.34. The van der Waals surface area contributed by atoms with Crippen LogP contribution in [0.2, 0.25) is 0 Å². The van der Waals surface area contributed by atoms with Gasteiger partial charge in [-0.3, -0.25) is 9.78 Å². The normalized spacial score (nSPS) is 16.3. The maximum absolute atomic E-state index is 11.2. The lowest BCUT2D eigenvalue weighted by Crippen LogP contribution is -2.24. The molecule has 1 aliphatic carbocycles. The monoisotopic (exact) mass is 256 g/mol. The van der Waals surface area contributed by atoms with Gasteiger partial charge in [-0.25, -0.2) is 0 Å². The summed E-state index contributed by atoms with van der Waals surface area (Å²) in [6, 6.07) is 9.87. The molecular weight excluding hydrogens is 240 g/mol. The van der Waals surface area contributed by atoms with Crippen molar-refractivity contribution in [2.75, 3.05) is 11.9 Å². The van der Waals surface area contributed by atoms with Crippen molar-refractivity contribution in [1.82, 2.24) is 4.98 Å². The van der Waals surface area contributed by atoms with Gasteiger partial charge in [0.15, 0.2) is 0 Å².